The summed E-state index contributed by atoms with van der Waals surface area (Å²) in [5.41, 5.74) is 3.00. The molecule has 0 aromatic heterocycles. The van der Waals surface area contributed by atoms with Crippen molar-refractivity contribution in [2.75, 3.05) is 6.54 Å². The van der Waals surface area contributed by atoms with E-state index in [4.69, 9.17) is 0 Å². The molecular formula is C17H27N. The van der Waals surface area contributed by atoms with Crippen molar-refractivity contribution < 1.29 is 0 Å². The molecule has 1 nitrogen and oxygen atoms in total. The van der Waals surface area contributed by atoms with Gasteiger partial charge in [-0.2, -0.15) is 0 Å². The first-order chi connectivity index (χ1) is 8.88. The molecule has 1 aliphatic rings. The molecule has 0 bridgehead atoms. The van der Waals surface area contributed by atoms with Crippen LogP contribution in [-0.2, 0) is 12.8 Å². The number of aryl methyl sites for hydroxylation is 2. The van der Waals surface area contributed by atoms with Crippen LogP contribution in [0.5, 0.6) is 0 Å². The molecule has 0 saturated heterocycles. The molecule has 0 unspecified atom stereocenters. The molecular weight excluding hydrogens is 218 g/mol. The normalized spacial score (nSPS) is 14.9. The van der Waals surface area contributed by atoms with E-state index in [1.807, 2.05) is 0 Å². The van der Waals surface area contributed by atoms with Gasteiger partial charge in [0.2, 0.25) is 0 Å². The quantitative estimate of drug-likeness (QED) is 0.646. The maximum Gasteiger partial charge on any atom is 0.00682 e. The standard InChI is InChI=1S/C17H27N/c1-2-3-6-15-8-10-16(11-9-15)7-4-5-14-18-17-12-13-17/h8-11,17-18H,2-7,12-14H2,1H3. The van der Waals surface area contributed by atoms with Crippen LogP contribution >= 0.6 is 0 Å². The molecule has 0 aliphatic heterocycles. The molecule has 1 aromatic carbocycles. The lowest BCUT2D eigenvalue weighted by Gasteiger charge is -2.05. The van der Waals surface area contributed by atoms with Gasteiger partial charge in [0.05, 0.1) is 0 Å². The van der Waals surface area contributed by atoms with Crippen LogP contribution in [0.3, 0.4) is 0 Å². The van der Waals surface area contributed by atoms with Gasteiger partial charge in [-0.1, -0.05) is 37.6 Å². The van der Waals surface area contributed by atoms with Gasteiger partial charge in [-0.25, -0.2) is 0 Å². The summed E-state index contributed by atoms with van der Waals surface area (Å²) < 4.78 is 0. The van der Waals surface area contributed by atoms with Crippen LogP contribution in [0.15, 0.2) is 24.3 Å². The van der Waals surface area contributed by atoms with E-state index in [9.17, 15) is 0 Å². The van der Waals surface area contributed by atoms with Gasteiger partial charge >= 0.3 is 0 Å². The van der Waals surface area contributed by atoms with Crippen molar-refractivity contribution >= 4 is 0 Å². The van der Waals surface area contributed by atoms with Crippen LogP contribution in [0.25, 0.3) is 0 Å². The monoisotopic (exact) mass is 245 g/mol. The molecule has 0 spiro atoms. The van der Waals surface area contributed by atoms with E-state index >= 15 is 0 Å². The summed E-state index contributed by atoms with van der Waals surface area (Å²) in [7, 11) is 0. The lowest BCUT2D eigenvalue weighted by molar-refractivity contribution is 0.620. The molecule has 1 fully saturated rings. The van der Waals surface area contributed by atoms with Gasteiger partial charge in [0.25, 0.3) is 0 Å². The molecule has 0 heterocycles. The maximum atomic E-state index is 3.58. The fourth-order valence-electron chi connectivity index (χ4n) is 2.30. The van der Waals surface area contributed by atoms with E-state index in [2.05, 4.69) is 36.5 Å². The summed E-state index contributed by atoms with van der Waals surface area (Å²) in [5.74, 6) is 0. The van der Waals surface area contributed by atoms with E-state index in [-0.39, 0.29) is 0 Å². The lowest BCUT2D eigenvalue weighted by atomic mass is 10.0. The Kier molecular flexibility index (Phi) is 5.73. The maximum absolute atomic E-state index is 3.58. The first-order valence-corrected chi connectivity index (χ1v) is 7.69. The minimum absolute atomic E-state index is 0.864. The van der Waals surface area contributed by atoms with Crippen molar-refractivity contribution in [1.82, 2.24) is 5.32 Å². The molecule has 1 heteroatoms. The number of nitrogens with one attached hydrogen (secondary N) is 1. The highest BCUT2D eigenvalue weighted by Crippen LogP contribution is 2.18. The van der Waals surface area contributed by atoms with Gasteiger partial charge in [-0.3, -0.25) is 0 Å². The van der Waals surface area contributed by atoms with Crippen LogP contribution < -0.4 is 5.32 Å². The van der Waals surface area contributed by atoms with Crippen LogP contribution in [0.1, 0.15) is 56.6 Å². The van der Waals surface area contributed by atoms with Crippen molar-refractivity contribution in [1.29, 1.82) is 0 Å². The highest BCUT2D eigenvalue weighted by atomic mass is 14.9. The number of benzene rings is 1. The highest BCUT2D eigenvalue weighted by molar-refractivity contribution is 5.22. The Bertz CT molecular complexity index is 324. The summed E-state index contributed by atoms with van der Waals surface area (Å²) >= 11 is 0. The minimum atomic E-state index is 0.864. The third kappa shape index (κ3) is 5.22. The van der Waals surface area contributed by atoms with Crippen molar-refractivity contribution in [3.8, 4) is 0 Å². The Morgan fingerprint density at radius 2 is 1.56 bits per heavy atom. The molecule has 18 heavy (non-hydrogen) atoms. The summed E-state index contributed by atoms with van der Waals surface area (Å²) in [4.78, 5) is 0. The van der Waals surface area contributed by atoms with Crippen LogP contribution in [0, 0.1) is 0 Å². The van der Waals surface area contributed by atoms with Gasteiger partial charge in [-0.15, -0.1) is 0 Å². The van der Waals surface area contributed by atoms with Gasteiger partial charge in [0.1, 0.15) is 0 Å². The predicted octanol–water partition coefficient (Wildman–Crippen LogP) is 4.10. The van der Waals surface area contributed by atoms with Crippen molar-refractivity contribution in [2.24, 2.45) is 0 Å². The minimum Gasteiger partial charge on any atom is -0.314 e. The van der Waals surface area contributed by atoms with Crippen molar-refractivity contribution in [3.63, 3.8) is 0 Å². The number of hydrogen-bond acceptors (Lipinski definition) is 1. The molecule has 0 amide bonds. The van der Waals surface area contributed by atoms with Crippen LogP contribution in [0.2, 0.25) is 0 Å². The second kappa shape index (κ2) is 7.58. The third-order valence-electron chi connectivity index (χ3n) is 3.74. The lowest BCUT2D eigenvalue weighted by Crippen LogP contribution is -2.17. The van der Waals surface area contributed by atoms with E-state index in [1.165, 1.54) is 69.0 Å². The van der Waals surface area contributed by atoms with Gasteiger partial charge in [-0.05, 0) is 62.6 Å². The number of unbranched alkanes of at least 4 members (excludes halogenated alkanes) is 2. The summed E-state index contributed by atoms with van der Waals surface area (Å²) in [5, 5.41) is 3.58. The Balaban J connectivity index is 1.59. The molecule has 0 atom stereocenters. The van der Waals surface area contributed by atoms with E-state index in [0.717, 1.165) is 6.04 Å². The van der Waals surface area contributed by atoms with Crippen LogP contribution in [0.4, 0.5) is 0 Å². The molecule has 1 N–H and O–H groups in total. The van der Waals surface area contributed by atoms with Crippen molar-refractivity contribution in [3.05, 3.63) is 35.4 Å². The highest BCUT2D eigenvalue weighted by Gasteiger charge is 2.19. The SMILES string of the molecule is CCCCc1ccc(CCCCNC2CC2)cc1. The van der Waals surface area contributed by atoms with Gasteiger partial charge < -0.3 is 5.32 Å². The largest absolute Gasteiger partial charge is 0.314 e. The molecule has 100 valence electrons. The second-order valence-electron chi connectivity index (χ2n) is 5.61. The zero-order chi connectivity index (χ0) is 12.6. The summed E-state index contributed by atoms with van der Waals surface area (Å²) in [6, 6.07) is 10.1. The topological polar surface area (TPSA) is 12.0 Å². The molecule has 1 aromatic rings. The summed E-state index contributed by atoms with van der Waals surface area (Å²) in [6.45, 7) is 3.46. The molecule has 2 rings (SSSR count). The fraction of sp³-hybridized carbons (Fsp3) is 0.647. The molecule has 1 saturated carbocycles. The summed E-state index contributed by atoms with van der Waals surface area (Å²) in [6.07, 6.45) is 10.5. The number of hydrogen-bond donors (Lipinski definition) is 1. The Morgan fingerprint density at radius 1 is 0.944 bits per heavy atom. The predicted molar refractivity (Wildman–Crippen MR) is 79.0 cm³/mol. The second-order valence-corrected chi connectivity index (χ2v) is 5.61. The number of rotatable bonds is 9. The zero-order valence-electron chi connectivity index (χ0n) is 11.8. The Morgan fingerprint density at radius 3 is 2.11 bits per heavy atom. The first-order valence-electron chi connectivity index (χ1n) is 7.69. The smallest absolute Gasteiger partial charge is 0.00682 e. The van der Waals surface area contributed by atoms with Crippen molar-refractivity contribution in [2.45, 2.75) is 64.3 Å². The average Bonchev–Trinajstić information content (AvgIpc) is 3.21. The van der Waals surface area contributed by atoms with Gasteiger partial charge in [0, 0.05) is 6.04 Å². The van der Waals surface area contributed by atoms with E-state index in [1.54, 1.807) is 0 Å². The van der Waals surface area contributed by atoms with Crippen LogP contribution in [-0.4, -0.2) is 12.6 Å². The molecule has 1 aliphatic carbocycles. The Hall–Kier alpha value is -0.820. The van der Waals surface area contributed by atoms with E-state index in [0.29, 0.717) is 0 Å². The first kappa shape index (κ1) is 13.6. The van der Waals surface area contributed by atoms with E-state index < -0.39 is 0 Å². The fourth-order valence-corrected chi connectivity index (χ4v) is 2.30. The average molecular weight is 245 g/mol. The molecule has 0 radical (unpaired) electrons. The zero-order valence-corrected chi connectivity index (χ0v) is 11.8. The third-order valence-corrected chi connectivity index (χ3v) is 3.74. The van der Waals surface area contributed by atoms with Gasteiger partial charge in [0.15, 0.2) is 0 Å². The Labute approximate surface area is 112 Å².